The number of aromatic nitrogens is 3. The second-order valence-electron chi connectivity index (χ2n) is 7.17. The van der Waals surface area contributed by atoms with Crippen molar-refractivity contribution in [1.82, 2.24) is 19.4 Å². The van der Waals surface area contributed by atoms with Crippen LogP contribution in [0.2, 0.25) is 0 Å². The highest BCUT2D eigenvalue weighted by Gasteiger charge is 2.59. The minimum absolute atomic E-state index is 0.0238. The third-order valence-electron chi connectivity index (χ3n) is 5.10. The highest BCUT2D eigenvalue weighted by Crippen LogP contribution is 2.41. The van der Waals surface area contributed by atoms with Gasteiger partial charge in [-0.2, -0.15) is 26.3 Å². The van der Waals surface area contributed by atoms with Crippen molar-refractivity contribution in [3.63, 3.8) is 0 Å². The third kappa shape index (κ3) is 4.60. The molecule has 3 heterocycles. The number of alkyl halides is 6. The quantitative estimate of drug-likeness (QED) is 0.723. The zero-order valence-electron chi connectivity index (χ0n) is 16.3. The van der Waals surface area contributed by atoms with Crippen molar-refractivity contribution in [3.05, 3.63) is 42.1 Å². The van der Waals surface area contributed by atoms with Gasteiger partial charge in [-0.25, -0.2) is 9.97 Å². The van der Waals surface area contributed by atoms with Crippen molar-refractivity contribution >= 4 is 11.7 Å². The molecule has 1 aliphatic heterocycles. The van der Waals surface area contributed by atoms with Crippen LogP contribution < -0.4 is 4.90 Å². The van der Waals surface area contributed by atoms with Crippen LogP contribution in [0.3, 0.4) is 0 Å². The molecule has 0 saturated carbocycles. The van der Waals surface area contributed by atoms with E-state index in [1.165, 1.54) is 24.2 Å². The number of piperazine rings is 1. The van der Waals surface area contributed by atoms with E-state index >= 15 is 0 Å². The minimum Gasteiger partial charge on any atom is -0.374 e. The van der Waals surface area contributed by atoms with Crippen molar-refractivity contribution in [3.8, 4) is 0 Å². The van der Waals surface area contributed by atoms with E-state index in [2.05, 4.69) is 9.97 Å². The molecule has 170 valence electrons. The maximum absolute atomic E-state index is 13.6. The van der Waals surface area contributed by atoms with Crippen LogP contribution in [-0.4, -0.2) is 62.8 Å². The third-order valence-corrected chi connectivity index (χ3v) is 5.10. The lowest BCUT2D eigenvalue weighted by atomic mass is 9.96. The van der Waals surface area contributed by atoms with Crippen molar-refractivity contribution in [2.75, 3.05) is 31.1 Å². The molecule has 1 amide bonds. The van der Waals surface area contributed by atoms with Crippen molar-refractivity contribution in [1.29, 1.82) is 0 Å². The predicted molar refractivity (Wildman–Crippen MR) is 95.8 cm³/mol. The summed E-state index contributed by atoms with van der Waals surface area (Å²) in [5.41, 5.74) is -4.35. The van der Waals surface area contributed by atoms with Crippen LogP contribution >= 0.6 is 0 Å². The lowest BCUT2D eigenvalue weighted by Gasteiger charge is -2.37. The maximum atomic E-state index is 13.6. The van der Waals surface area contributed by atoms with Crippen LogP contribution in [0.4, 0.5) is 32.2 Å². The standard InChI is InChI=1S/C18H19F6N5O2/c1-27-5-4-25-15(27)16(31,18(22,23)24)10-14(30)29-8-6-28(7-9-29)13-3-2-12(11-26-13)17(19,20)21/h2-5,11,31H,6-10H2,1H3. The van der Waals surface area contributed by atoms with Gasteiger partial charge < -0.3 is 19.5 Å². The number of aliphatic hydroxyl groups is 1. The minimum atomic E-state index is -5.13. The second kappa shape index (κ2) is 8.02. The van der Waals surface area contributed by atoms with Crippen LogP contribution in [0.15, 0.2) is 30.7 Å². The summed E-state index contributed by atoms with van der Waals surface area (Å²) in [6.07, 6.45) is -7.87. The Morgan fingerprint density at radius 2 is 1.71 bits per heavy atom. The molecule has 3 rings (SSSR count). The summed E-state index contributed by atoms with van der Waals surface area (Å²) in [7, 11) is 1.28. The Hall–Kier alpha value is -2.83. The van der Waals surface area contributed by atoms with Gasteiger partial charge in [-0.1, -0.05) is 0 Å². The molecule has 7 nitrogen and oxygen atoms in total. The molecule has 0 aliphatic carbocycles. The normalized spacial score (nSPS) is 17.5. The van der Waals surface area contributed by atoms with Gasteiger partial charge in [-0.15, -0.1) is 0 Å². The molecule has 0 bridgehead atoms. The number of anilines is 1. The Bertz CT molecular complexity index is 919. The largest absolute Gasteiger partial charge is 0.425 e. The highest BCUT2D eigenvalue weighted by atomic mass is 19.4. The van der Waals surface area contributed by atoms with Gasteiger partial charge in [0.1, 0.15) is 5.82 Å². The van der Waals surface area contributed by atoms with E-state index in [1.807, 2.05) is 0 Å². The van der Waals surface area contributed by atoms with Gasteiger partial charge in [-0.05, 0) is 12.1 Å². The zero-order chi connectivity index (χ0) is 23.0. The van der Waals surface area contributed by atoms with Crippen LogP contribution in [0, 0.1) is 0 Å². The van der Waals surface area contributed by atoms with Gasteiger partial charge in [0.2, 0.25) is 11.5 Å². The maximum Gasteiger partial charge on any atom is 0.425 e. The van der Waals surface area contributed by atoms with E-state index in [0.29, 0.717) is 6.20 Å². The van der Waals surface area contributed by atoms with E-state index in [9.17, 15) is 36.2 Å². The molecular formula is C18H19F6N5O2. The predicted octanol–water partition coefficient (Wildman–Crippen LogP) is 2.32. The Morgan fingerprint density at radius 1 is 1.06 bits per heavy atom. The molecule has 0 aromatic carbocycles. The molecule has 31 heavy (non-hydrogen) atoms. The molecule has 1 fully saturated rings. The number of rotatable bonds is 4. The zero-order valence-corrected chi connectivity index (χ0v) is 16.3. The second-order valence-corrected chi connectivity index (χ2v) is 7.17. The molecule has 1 unspecified atom stereocenters. The molecule has 2 aromatic heterocycles. The highest BCUT2D eigenvalue weighted by molar-refractivity contribution is 5.78. The Labute approximate surface area is 172 Å². The van der Waals surface area contributed by atoms with Gasteiger partial charge >= 0.3 is 12.4 Å². The van der Waals surface area contributed by atoms with Crippen LogP contribution in [0.5, 0.6) is 0 Å². The molecule has 0 spiro atoms. The van der Waals surface area contributed by atoms with Gasteiger partial charge in [0.15, 0.2) is 5.82 Å². The monoisotopic (exact) mass is 451 g/mol. The fourth-order valence-corrected chi connectivity index (χ4v) is 3.33. The smallest absolute Gasteiger partial charge is 0.374 e. The molecular weight excluding hydrogens is 432 g/mol. The number of halogens is 6. The van der Waals surface area contributed by atoms with Crippen molar-refractivity contribution in [2.45, 2.75) is 24.4 Å². The summed E-state index contributed by atoms with van der Waals surface area (Å²) >= 11 is 0. The first-order valence-corrected chi connectivity index (χ1v) is 9.16. The van der Waals surface area contributed by atoms with E-state index < -0.39 is 41.7 Å². The summed E-state index contributed by atoms with van der Waals surface area (Å²) in [6, 6.07) is 2.08. The summed E-state index contributed by atoms with van der Waals surface area (Å²) in [5, 5.41) is 10.3. The fourth-order valence-electron chi connectivity index (χ4n) is 3.33. The van der Waals surface area contributed by atoms with E-state index in [-0.39, 0.29) is 32.0 Å². The summed E-state index contributed by atoms with van der Waals surface area (Å²) in [6.45, 7) is 0.375. The van der Waals surface area contributed by atoms with Gasteiger partial charge in [-0.3, -0.25) is 4.79 Å². The number of hydrogen-bond donors (Lipinski definition) is 1. The Morgan fingerprint density at radius 3 is 2.16 bits per heavy atom. The Balaban J connectivity index is 1.66. The van der Waals surface area contributed by atoms with E-state index in [4.69, 9.17) is 0 Å². The fraction of sp³-hybridized carbons (Fsp3) is 0.500. The molecule has 2 aromatic rings. The van der Waals surface area contributed by atoms with Crippen molar-refractivity contribution < 1.29 is 36.2 Å². The molecule has 0 radical (unpaired) electrons. The summed E-state index contributed by atoms with van der Waals surface area (Å²) < 4.78 is 79.7. The summed E-state index contributed by atoms with van der Waals surface area (Å²) in [4.78, 5) is 22.7. The first-order valence-electron chi connectivity index (χ1n) is 9.16. The SMILES string of the molecule is Cn1ccnc1C(O)(CC(=O)N1CCN(c2ccc(C(F)(F)F)cn2)CC1)C(F)(F)F. The Kier molecular flexibility index (Phi) is 5.91. The van der Waals surface area contributed by atoms with Gasteiger partial charge in [0.05, 0.1) is 12.0 Å². The lowest BCUT2D eigenvalue weighted by Crippen LogP contribution is -2.53. The number of hydrogen-bond acceptors (Lipinski definition) is 5. The van der Waals surface area contributed by atoms with E-state index in [1.54, 1.807) is 4.90 Å². The first kappa shape index (κ1) is 22.8. The van der Waals surface area contributed by atoms with Crippen molar-refractivity contribution in [2.24, 2.45) is 7.05 Å². The topological polar surface area (TPSA) is 74.5 Å². The molecule has 13 heteroatoms. The van der Waals surface area contributed by atoms with Crippen LogP contribution in [-0.2, 0) is 23.6 Å². The van der Waals surface area contributed by atoms with Gasteiger partial charge in [0.25, 0.3) is 0 Å². The number of carbonyl (C=O) groups is 1. The molecule has 1 atom stereocenters. The lowest BCUT2D eigenvalue weighted by molar-refractivity contribution is -0.272. The number of aryl methyl sites for hydroxylation is 1. The first-order chi connectivity index (χ1) is 14.3. The van der Waals surface area contributed by atoms with E-state index in [0.717, 1.165) is 16.8 Å². The number of pyridine rings is 1. The number of amides is 1. The number of nitrogens with zero attached hydrogens (tertiary/aromatic N) is 5. The van der Waals surface area contributed by atoms with Crippen LogP contribution in [0.25, 0.3) is 0 Å². The molecule has 1 N–H and O–H groups in total. The average Bonchev–Trinajstić information content (AvgIpc) is 3.13. The van der Waals surface area contributed by atoms with Crippen LogP contribution in [0.1, 0.15) is 17.8 Å². The average molecular weight is 451 g/mol. The summed E-state index contributed by atoms with van der Waals surface area (Å²) in [5.74, 6) is -1.34. The van der Waals surface area contributed by atoms with Gasteiger partial charge in [0, 0.05) is 51.8 Å². The molecule has 1 saturated heterocycles. The number of carbonyl (C=O) groups excluding carboxylic acids is 1. The molecule has 1 aliphatic rings. The number of imidazole rings is 1.